The molecule has 0 bridgehead atoms. The Hall–Kier alpha value is -2.73. The molecule has 25 heavy (non-hydrogen) atoms. The molecule has 0 fully saturated rings. The standard InChI is InChI=1S/C18H18ClNO5/c1-11(25-18(22)12-5-4-6-14(9-12)23-2)17(21)20-15-10-13(19)7-8-16(15)24-3/h4-11H,1-3H3,(H,20,21)/t11-/m0/s1. The van der Waals surface area contributed by atoms with Crippen LogP contribution >= 0.6 is 11.6 Å². The van der Waals surface area contributed by atoms with E-state index in [-0.39, 0.29) is 0 Å². The van der Waals surface area contributed by atoms with E-state index >= 15 is 0 Å². The first kappa shape index (κ1) is 18.6. The highest BCUT2D eigenvalue weighted by atomic mass is 35.5. The van der Waals surface area contributed by atoms with E-state index in [1.165, 1.54) is 27.2 Å². The molecule has 6 nitrogen and oxygen atoms in total. The first-order valence-electron chi connectivity index (χ1n) is 7.44. The topological polar surface area (TPSA) is 73.9 Å². The van der Waals surface area contributed by atoms with Crippen LogP contribution in [-0.2, 0) is 9.53 Å². The normalized spacial score (nSPS) is 11.4. The molecule has 1 amide bonds. The molecule has 2 aromatic rings. The van der Waals surface area contributed by atoms with E-state index in [1.54, 1.807) is 36.4 Å². The Bertz CT molecular complexity index is 778. The van der Waals surface area contributed by atoms with Crippen molar-refractivity contribution in [1.29, 1.82) is 0 Å². The minimum atomic E-state index is -1.01. The van der Waals surface area contributed by atoms with E-state index in [1.807, 2.05) is 0 Å². The van der Waals surface area contributed by atoms with Crippen molar-refractivity contribution < 1.29 is 23.8 Å². The summed E-state index contributed by atoms with van der Waals surface area (Å²) in [5, 5.41) is 3.07. The van der Waals surface area contributed by atoms with Crippen LogP contribution in [0.15, 0.2) is 42.5 Å². The van der Waals surface area contributed by atoms with Gasteiger partial charge in [-0.1, -0.05) is 17.7 Å². The van der Waals surface area contributed by atoms with Gasteiger partial charge in [-0.15, -0.1) is 0 Å². The summed E-state index contributed by atoms with van der Waals surface area (Å²) in [6, 6.07) is 11.3. The molecule has 1 N–H and O–H groups in total. The number of nitrogens with one attached hydrogen (secondary N) is 1. The molecule has 7 heteroatoms. The van der Waals surface area contributed by atoms with Crippen molar-refractivity contribution >= 4 is 29.2 Å². The average Bonchev–Trinajstić information content (AvgIpc) is 2.61. The first-order chi connectivity index (χ1) is 11.9. The van der Waals surface area contributed by atoms with Gasteiger partial charge in [0.15, 0.2) is 6.10 Å². The van der Waals surface area contributed by atoms with Crippen LogP contribution in [0, 0.1) is 0 Å². The summed E-state index contributed by atoms with van der Waals surface area (Å²) in [6.07, 6.45) is -1.01. The Morgan fingerprint density at radius 2 is 1.84 bits per heavy atom. The number of ether oxygens (including phenoxy) is 3. The lowest BCUT2D eigenvalue weighted by molar-refractivity contribution is -0.123. The SMILES string of the molecule is COc1cccc(C(=O)O[C@@H](C)C(=O)Nc2cc(Cl)ccc2OC)c1. The van der Waals surface area contributed by atoms with E-state index in [2.05, 4.69) is 5.32 Å². The van der Waals surface area contributed by atoms with Gasteiger partial charge in [-0.3, -0.25) is 4.79 Å². The van der Waals surface area contributed by atoms with Crippen LogP contribution in [0.2, 0.25) is 5.02 Å². The van der Waals surface area contributed by atoms with E-state index in [0.717, 1.165) is 0 Å². The lowest BCUT2D eigenvalue weighted by Crippen LogP contribution is -2.30. The zero-order valence-corrected chi connectivity index (χ0v) is 14.8. The Morgan fingerprint density at radius 1 is 1.08 bits per heavy atom. The van der Waals surface area contributed by atoms with Gasteiger partial charge in [-0.05, 0) is 43.3 Å². The number of hydrogen-bond acceptors (Lipinski definition) is 5. The van der Waals surface area contributed by atoms with Crippen LogP contribution in [0.4, 0.5) is 5.69 Å². The number of methoxy groups -OCH3 is 2. The summed E-state index contributed by atoms with van der Waals surface area (Å²) >= 11 is 5.93. The highest BCUT2D eigenvalue weighted by Crippen LogP contribution is 2.27. The summed E-state index contributed by atoms with van der Waals surface area (Å²) < 4.78 is 15.4. The molecule has 0 radical (unpaired) electrons. The molecule has 0 saturated carbocycles. The van der Waals surface area contributed by atoms with Gasteiger partial charge in [0.25, 0.3) is 5.91 Å². The number of benzene rings is 2. The second kappa shape index (κ2) is 8.39. The lowest BCUT2D eigenvalue weighted by atomic mass is 10.2. The second-order valence-corrected chi connectivity index (χ2v) is 5.55. The third-order valence-electron chi connectivity index (χ3n) is 3.38. The van der Waals surface area contributed by atoms with Crippen LogP contribution in [0.1, 0.15) is 17.3 Å². The number of amides is 1. The van der Waals surface area contributed by atoms with E-state index in [0.29, 0.717) is 27.8 Å². The van der Waals surface area contributed by atoms with Gasteiger partial charge in [-0.25, -0.2) is 4.79 Å². The molecular formula is C18H18ClNO5. The minimum Gasteiger partial charge on any atom is -0.497 e. The quantitative estimate of drug-likeness (QED) is 0.794. The summed E-state index contributed by atoms with van der Waals surface area (Å²) in [4.78, 5) is 24.4. The molecule has 0 aliphatic carbocycles. The van der Waals surface area contributed by atoms with Crippen molar-refractivity contribution in [3.8, 4) is 11.5 Å². The lowest BCUT2D eigenvalue weighted by Gasteiger charge is -2.15. The Morgan fingerprint density at radius 3 is 2.52 bits per heavy atom. The van der Waals surface area contributed by atoms with E-state index in [9.17, 15) is 9.59 Å². The molecular weight excluding hydrogens is 346 g/mol. The predicted molar refractivity (Wildman–Crippen MR) is 94.5 cm³/mol. The first-order valence-corrected chi connectivity index (χ1v) is 7.82. The molecule has 0 spiro atoms. The highest BCUT2D eigenvalue weighted by molar-refractivity contribution is 6.31. The smallest absolute Gasteiger partial charge is 0.339 e. The maximum absolute atomic E-state index is 12.3. The van der Waals surface area contributed by atoms with Gasteiger partial charge in [0, 0.05) is 5.02 Å². The number of esters is 1. The fraction of sp³-hybridized carbons (Fsp3) is 0.222. The molecule has 0 aliphatic rings. The van der Waals surface area contributed by atoms with Crippen LogP contribution < -0.4 is 14.8 Å². The summed E-state index contributed by atoms with van der Waals surface area (Å²) in [5.74, 6) is -0.157. The fourth-order valence-corrected chi connectivity index (χ4v) is 2.22. The summed E-state index contributed by atoms with van der Waals surface area (Å²) in [5.41, 5.74) is 0.684. The average molecular weight is 364 g/mol. The van der Waals surface area contributed by atoms with Crippen molar-refractivity contribution in [2.75, 3.05) is 19.5 Å². The van der Waals surface area contributed by atoms with Crippen molar-refractivity contribution in [3.05, 3.63) is 53.1 Å². The molecule has 2 rings (SSSR count). The van der Waals surface area contributed by atoms with Crippen LogP contribution in [0.25, 0.3) is 0 Å². The van der Waals surface area contributed by atoms with E-state index in [4.69, 9.17) is 25.8 Å². The number of rotatable bonds is 6. The molecule has 0 saturated heterocycles. The molecule has 0 unspecified atom stereocenters. The predicted octanol–water partition coefficient (Wildman–Crippen LogP) is 3.54. The zero-order chi connectivity index (χ0) is 18.4. The number of hydrogen-bond donors (Lipinski definition) is 1. The molecule has 0 aliphatic heterocycles. The molecule has 2 aromatic carbocycles. The van der Waals surface area contributed by atoms with E-state index < -0.39 is 18.0 Å². The Kier molecular flexibility index (Phi) is 6.25. The number of carbonyl (C=O) groups excluding carboxylic acids is 2. The number of anilines is 1. The largest absolute Gasteiger partial charge is 0.497 e. The molecule has 0 heterocycles. The van der Waals surface area contributed by atoms with Crippen molar-refractivity contribution in [1.82, 2.24) is 0 Å². The Labute approximate surface area is 150 Å². The van der Waals surface area contributed by atoms with Gasteiger partial charge in [0.1, 0.15) is 11.5 Å². The minimum absolute atomic E-state index is 0.291. The fourth-order valence-electron chi connectivity index (χ4n) is 2.04. The van der Waals surface area contributed by atoms with Gasteiger partial charge >= 0.3 is 5.97 Å². The number of carbonyl (C=O) groups is 2. The van der Waals surface area contributed by atoms with Gasteiger partial charge in [0.2, 0.25) is 0 Å². The van der Waals surface area contributed by atoms with Gasteiger partial charge in [0.05, 0.1) is 25.5 Å². The molecule has 1 atom stereocenters. The number of halogens is 1. The molecule has 0 aromatic heterocycles. The van der Waals surface area contributed by atoms with Crippen LogP contribution in [0.3, 0.4) is 0 Å². The summed E-state index contributed by atoms with van der Waals surface area (Å²) in [6.45, 7) is 1.48. The van der Waals surface area contributed by atoms with Crippen molar-refractivity contribution in [2.45, 2.75) is 13.0 Å². The Balaban J connectivity index is 2.05. The van der Waals surface area contributed by atoms with Crippen LogP contribution in [0.5, 0.6) is 11.5 Å². The third kappa shape index (κ3) is 4.87. The van der Waals surface area contributed by atoms with Crippen molar-refractivity contribution in [2.24, 2.45) is 0 Å². The zero-order valence-electron chi connectivity index (χ0n) is 14.0. The monoisotopic (exact) mass is 363 g/mol. The second-order valence-electron chi connectivity index (χ2n) is 5.11. The van der Waals surface area contributed by atoms with Crippen molar-refractivity contribution in [3.63, 3.8) is 0 Å². The van der Waals surface area contributed by atoms with Gasteiger partial charge in [-0.2, -0.15) is 0 Å². The van der Waals surface area contributed by atoms with Gasteiger partial charge < -0.3 is 19.5 Å². The van der Waals surface area contributed by atoms with Crippen LogP contribution in [-0.4, -0.2) is 32.2 Å². The maximum atomic E-state index is 12.3. The summed E-state index contributed by atoms with van der Waals surface area (Å²) in [7, 11) is 2.98. The highest BCUT2D eigenvalue weighted by Gasteiger charge is 2.20. The molecule has 132 valence electrons. The maximum Gasteiger partial charge on any atom is 0.339 e. The third-order valence-corrected chi connectivity index (χ3v) is 3.61.